The van der Waals surface area contributed by atoms with Crippen LogP contribution >= 0.6 is 0 Å². The summed E-state index contributed by atoms with van der Waals surface area (Å²) in [5.41, 5.74) is -4.27. The second kappa shape index (κ2) is 11.9. The Morgan fingerprint density at radius 1 is 1.07 bits per heavy atom. The number of aliphatic hydroxyl groups is 1. The lowest BCUT2D eigenvalue weighted by Crippen LogP contribution is -2.57. The first kappa shape index (κ1) is 27.1. The zero-order valence-electron chi connectivity index (χ0n) is 17.2. The third kappa shape index (κ3) is 9.90. The highest BCUT2D eigenvalue weighted by atomic mass is 32.2. The number of carboxylic acids is 1. The van der Waals surface area contributed by atoms with E-state index in [0.717, 1.165) is 6.42 Å². The molecule has 0 aromatic rings. The summed E-state index contributed by atoms with van der Waals surface area (Å²) in [6.45, 7) is 4.30. The normalized spacial score (nSPS) is 14.0. The van der Waals surface area contributed by atoms with E-state index in [0.29, 0.717) is 6.42 Å². The van der Waals surface area contributed by atoms with Crippen molar-refractivity contribution in [2.75, 3.05) is 32.1 Å². The smallest absolute Gasteiger partial charge is 0.479 e. The van der Waals surface area contributed by atoms with E-state index >= 15 is 0 Å². The van der Waals surface area contributed by atoms with Crippen LogP contribution in [0.25, 0.3) is 0 Å². The van der Waals surface area contributed by atoms with Crippen molar-refractivity contribution in [3.8, 4) is 0 Å². The van der Waals surface area contributed by atoms with Gasteiger partial charge in [0.2, 0.25) is 11.5 Å². The van der Waals surface area contributed by atoms with Gasteiger partial charge in [0.15, 0.2) is 0 Å². The van der Waals surface area contributed by atoms with E-state index in [4.69, 9.17) is 13.7 Å². The summed E-state index contributed by atoms with van der Waals surface area (Å²) in [6, 6.07) is 0. The molecular weight excluding hydrogens is 410 g/mol. The minimum Gasteiger partial charge on any atom is -0.479 e. The number of rotatable bonds is 14. The van der Waals surface area contributed by atoms with Crippen molar-refractivity contribution in [3.63, 3.8) is 0 Å². The van der Waals surface area contributed by atoms with Crippen molar-refractivity contribution in [3.05, 3.63) is 0 Å². The SMILES string of the molecule is CCCCOC(=O)OC[C@@](O)(C(=O)O)C(C)(C)COS(=O)(=O)CCCNC(C)=O. The Morgan fingerprint density at radius 3 is 2.21 bits per heavy atom. The number of amides is 1. The lowest BCUT2D eigenvalue weighted by Gasteiger charge is -2.37. The van der Waals surface area contributed by atoms with Crippen molar-refractivity contribution in [1.29, 1.82) is 0 Å². The highest BCUT2D eigenvalue weighted by Crippen LogP contribution is 2.33. The van der Waals surface area contributed by atoms with Crippen LogP contribution in [-0.4, -0.2) is 74.4 Å². The zero-order chi connectivity index (χ0) is 22.7. The Balaban J connectivity index is 4.87. The maximum atomic E-state index is 12.0. The van der Waals surface area contributed by atoms with Crippen molar-refractivity contribution >= 4 is 28.1 Å². The first-order valence-corrected chi connectivity index (χ1v) is 10.7. The molecule has 0 unspecified atom stereocenters. The van der Waals surface area contributed by atoms with Crippen LogP contribution in [0.3, 0.4) is 0 Å². The lowest BCUT2D eigenvalue weighted by atomic mass is 9.76. The zero-order valence-corrected chi connectivity index (χ0v) is 18.0. The minimum absolute atomic E-state index is 0.0874. The van der Waals surface area contributed by atoms with Gasteiger partial charge >= 0.3 is 12.1 Å². The van der Waals surface area contributed by atoms with E-state index < -0.39 is 52.2 Å². The average molecular weight is 441 g/mol. The van der Waals surface area contributed by atoms with Crippen LogP contribution in [0.4, 0.5) is 4.79 Å². The van der Waals surface area contributed by atoms with Crippen LogP contribution < -0.4 is 5.32 Å². The molecule has 0 fully saturated rings. The van der Waals surface area contributed by atoms with Gasteiger partial charge in [-0.2, -0.15) is 8.42 Å². The van der Waals surface area contributed by atoms with Crippen LogP contribution in [0.2, 0.25) is 0 Å². The van der Waals surface area contributed by atoms with E-state index in [1.807, 2.05) is 6.92 Å². The van der Waals surface area contributed by atoms with Crippen LogP contribution in [0.5, 0.6) is 0 Å². The molecule has 0 aromatic heterocycles. The van der Waals surface area contributed by atoms with Gasteiger partial charge in [-0.05, 0) is 12.8 Å². The summed E-state index contributed by atoms with van der Waals surface area (Å²) < 4.78 is 38.2. The van der Waals surface area contributed by atoms with Crippen LogP contribution in [0.15, 0.2) is 0 Å². The molecule has 0 aliphatic carbocycles. The van der Waals surface area contributed by atoms with Crippen LogP contribution in [-0.2, 0) is 33.4 Å². The Labute approximate surface area is 170 Å². The Bertz CT molecular complexity index is 661. The fraction of sp³-hybridized carbons (Fsp3) is 0.824. The summed E-state index contributed by atoms with van der Waals surface area (Å²) >= 11 is 0. The molecule has 0 bridgehead atoms. The molecule has 0 rings (SSSR count). The Kier molecular flexibility index (Phi) is 11.1. The summed E-state index contributed by atoms with van der Waals surface area (Å²) in [7, 11) is -4.03. The molecule has 11 nitrogen and oxygen atoms in total. The highest BCUT2D eigenvalue weighted by molar-refractivity contribution is 7.86. The molecule has 3 N–H and O–H groups in total. The van der Waals surface area contributed by atoms with E-state index in [1.165, 1.54) is 20.8 Å². The van der Waals surface area contributed by atoms with E-state index in [9.17, 15) is 33.0 Å². The van der Waals surface area contributed by atoms with Gasteiger partial charge in [0.05, 0.1) is 19.0 Å². The summed E-state index contributed by atoms with van der Waals surface area (Å²) in [6.07, 6.45) is 0.325. The number of carbonyl (C=O) groups excluding carboxylic acids is 2. The predicted octanol–water partition coefficient (Wildman–Crippen LogP) is 0.654. The summed E-state index contributed by atoms with van der Waals surface area (Å²) in [4.78, 5) is 33.9. The topological polar surface area (TPSA) is 166 Å². The average Bonchev–Trinajstić information content (AvgIpc) is 2.61. The largest absolute Gasteiger partial charge is 0.508 e. The van der Waals surface area contributed by atoms with Gasteiger partial charge < -0.3 is 25.0 Å². The van der Waals surface area contributed by atoms with Crippen molar-refractivity contribution < 1.29 is 46.7 Å². The Hall–Kier alpha value is -1.92. The molecule has 1 amide bonds. The van der Waals surface area contributed by atoms with Crippen LogP contribution in [0.1, 0.15) is 47.0 Å². The monoisotopic (exact) mass is 441 g/mol. The fourth-order valence-corrected chi connectivity index (χ4v) is 3.07. The second-order valence-electron chi connectivity index (χ2n) is 7.15. The molecule has 29 heavy (non-hydrogen) atoms. The van der Waals surface area contributed by atoms with Gasteiger partial charge in [-0.3, -0.25) is 8.98 Å². The molecule has 170 valence electrons. The van der Waals surface area contributed by atoms with Gasteiger partial charge in [-0.1, -0.05) is 27.2 Å². The molecular formula is C17H31NO10S. The first-order chi connectivity index (χ1) is 13.3. The third-order valence-corrected chi connectivity index (χ3v) is 5.40. The fourth-order valence-electron chi connectivity index (χ4n) is 1.98. The van der Waals surface area contributed by atoms with Gasteiger partial charge in [-0.15, -0.1) is 0 Å². The number of carboxylic acid groups (broad SMARTS) is 1. The quantitative estimate of drug-likeness (QED) is 0.198. The summed E-state index contributed by atoms with van der Waals surface area (Å²) in [5, 5.41) is 22.4. The maximum Gasteiger partial charge on any atom is 0.508 e. The van der Waals surface area contributed by atoms with Gasteiger partial charge in [-0.25, -0.2) is 9.59 Å². The summed E-state index contributed by atoms with van der Waals surface area (Å²) in [5.74, 6) is -2.42. The molecule has 12 heteroatoms. The molecule has 0 aliphatic heterocycles. The van der Waals surface area contributed by atoms with Gasteiger partial charge in [0.1, 0.15) is 6.61 Å². The predicted molar refractivity (Wildman–Crippen MR) is 102 cm³/mol. The number of nitrogens with one attached hydrogen (secondary N) is 1. The maximum absolute atomic E-state index is 12.0. The number of carbonyl (C=O) groups is 3. The molecule has 1 atom stereocenters. The van der Waals surface area contributed by atoms with Crippen LogP contribution in [0, 0.1) is 5.41 Å². The molecule has 0 spiro atoms. The molecule has 0 saturated carbocycles. The van der Waals surface area contributed by atoms with Crippen molar-refractivity contribution in [2.24, 2.45) is 5.41 Å². The minimum atomic E-state index is -4.03. The first-order valence-electron chi connectivity index (χ1n) is 9.14. The van der Waals surface area contributed by atoms with Gasteiger partial charge in [0, 0.05) is 18.9 Å². The third-order valence-electron chi connectivity index (χ3n) is 4.13. The van der Waals surface area contributed by atoms with E-state index in [-0.39, 0.29) is 25.5 Å². The second-order valence-corrected chi connectivity index (χ2v) is 8.91. The highest BCUT2D eigenvalue weighted by Gasteiger charge is 2.52. The number of ether oxygens (including phenoxy) is 2. The number of unbranched alkanes of at least 4 members (excludes halogenated alkanes) is 1. The molecule has 0 saturated heterocycles. The number of hydrogen-bond acceptors (Lipinski definition) is 9. The van der Waals surface area contributed by atoms with Crippen molar-refractivity contribution in [1.82, 2.24) is 5.32 Å². The van der Waals surface area contributed by atoms with Gasteiger partial charge in [0.25, 0.3) is 10.1 Å². The molecule has 0 heterocycles. The van der Waals surface area contributed by atoms with E-state index in [2.05, 4.69) is 5.32 Å². The standard InChI is InChI=1S/C17H31NO10S/c1-5-6-9-26-15(22)27-12-17(23,14(20)21)16(3,4)11-28-29(24,25)10-7-8-18-13(2)19/h23H,5-12H2,1-4H3,(H,18,19)(H,20,21)/t17-/m1/s1. The molecule has 0 aromatic carbocycles. The molecule has 0 aliphatic rings. The lowest BCUT2D eigenvalue weighted by molar-refractivity contribution is -0.184. The van der Waals surface area contributed by atoms with E-state index in [1.54, 1.807) is 0 Å². The van der Waals surface area contributed by atoms with Crippen molar-refractivity contribution in [2.45, 2.75) is 52.6 Å². The molecule has 0 radical (unpaired) electrons. The number of hydrogen-bond donors (Lipinski definition) is 3. The Morgan fingerprint density at radius 2 is 1.69 bits per heavy atom. The number of aliphatic carboxylic acids is 1.